The highest BCUT2D eigenvalue weighted by Crippen LogP contribution is 2.31. The molecule has 0 bridgehead atoms. The second kappa shape index (κ2) is 3.60. The second-order valence-corrected chi connectivity index (χ2v) is 4.25. The highest BCUT2D eigenvalue weighted by Gasteiger charge is 2.19. The summed E-state index contributed by atoms with van der Waals surface area (Å²) >= 11 is 0. The Morgan fingerprint density at radius 1 is 1.43 bits per heavy atom. The average Bonchev–Trinajstić information content (AvgIpc) is 2.62. The normalized spacial score (nSPS) is 16.3. The van der Waals surface area contributed by atoms with E-state index in [0.717, 1.165) is 6.42 Å². The van der Waals surface area contributed by atoms with Gasteiger partial charge in [-0.1, -0.05) is 20.8 Å². The van der Waals surface area contributed by atoms with Gasteiger partial charge in [-0.15, -0.1) is 0 Å². The lowest BCUT2D eigenvalue weighted by Crippen LogP contribution is -2.14. The predicted molar refractivity (Wildman–Crippen MR) is 58.9 cm³/mol. The topological polar surface area (TPSA) is 17.8 Å². The molecule has 2 heterocycles. The summed E-state index contributed by atoms with van der Waals surface area (Å²) in [6.45, 7) is 6.78. The van der Waals surface area contributed by atoms with E-state index in [1.807, 2.05) is 12.5 Å². The molecule has 2 heteroatoms. The first kappa shape index (κ1) is 9.50. The monoisotopic (exact) mass is 190 g/mol. The van der Waals surface area contributed by atoms with E-state index >= 15 is 0 Å². The van der Waals surface area contributed by atoms with Crippen LogP contribution in [0.2, 0.25) is 0 Å². The van der Waals surface area contributed by atoms with Gasteiger partial charge in [0.05, 0.1) is 6.33 Å². The van der Waals surface area contributed by atoms with E-state index in [1.54, 1.807) is 5.57 Å². The fraction of sp³-hybridized carbons (Fsp3) is 0.583. The van der Waals surface area contributed by atoms with Crippen LogP contribution in [0.1, 0.15) is 39.3 Å². The van der Waals surface area contributed by atoms with Crippen LogP contribution in [-0.2, 0) is 6.42 Å². The zero-order valence-electron chi connectivity index (χ0n) is 9.25. The Morgan fingerprint density at radius 2 is 2.21 bits per heavy atom. The molecular formula is C12H18N2. The second-order valence-electron chi connectivity index (χ2n) is 4.25. The Bertz CT molecular complexity index is 358. The summed E-state index contributed by atoms with van der Waals surface area (Å²) in [6.07, 6.45) is 7.49. The fourth-order valence-electron chi connectivity index (χ4n) is 2.35. The predicted octanol–water partition coefficient (Wildman–Crippen LogP) is 3.11. The highest BCUT2D eigenvalue weighted by molar-refractivity contribution is 5.55. The minimum absolute atomic E-state index is 0.596. The summed E-state index contributed by atoms with van der Waals surface area (Å²) in [5.74, 6) is 0.596. The van der Waals surface area contributed by atoms with Crippen LogP contribution in [0, 0.1) is 5.92 Å². The van der Waals surface area contributed by atoms with Gasteiger partial charge in [0.2, 0.25) is 0 Å². The van der Waals surface area contributed by atoms with Gasteiger partial charge >= 0.3 is 0 Å². The Morgan fingerprint density at radius 3 is 2.86 bits per heavy atom. The molecule has 2 nitrogen and oxygen atoms in total. The number of aromatic nitrogens is 2. The van der Waals surface area contributed by atoms with Crippen LogP contribution in [0.3, 0.4) is 0 Å². The van der Waals surface area contributed by atoms with E-state index in [4.69, 9.17) is 0 Å². The van der Waals surface area contributed by atoms with Crippen molar-refractivity contribution in [3.8, 4) is 0 Å². The number of nitrogens with zero attached hydrogens (tertiary/aromatic N) is 2. The molecule has 14 heavy (non-hydrogen) atoms. The molecule has 1 aromatic rings. The quantitative estimate of drug-likeness (QED) is 0.700. The minimum Gasteiger partial charge on any atom is -0.307 e. The average molecular weight is 190 g/mol. The van der Waals surface area contributed by atoms with Crippen LogP contribution in [0.15, 0.2) is 18.1 Å². The standard InChI is InChI=1S/C12H18N2/c1-4-10-5-6-11-7-13-8-14(11)12(10)9(2)3/h7-9H,4-6H2,1-3H3. The first-order chi connectivity index (χ1) is 6.74. The van der Waals surface area contributed by atoms with Crippen LogP contribution in [0.4, 0.5) is 0 Å². The van der Waals surface area contributed by atoms with Gasteiger partial charge in [0.1, 0.15) is 0 Å². The largest absolute Gasteiger partial charge is 0.307 e. The van der Waals surface area contributed by atoms with E-state index in [1.165, 1.54) is 24.2 Å². The maximum absolute atomic E-state index is 4.23. The van der Waals surface area contributed by atoms with Gasteiger partial charge in [-0.05, 0) is 30.8 Å². The maximum atomic E-state index is 4.23. The molecule has 1 aliphatic rings. The molecule has 0 amide bonds. The van der Waals surface area contributed by atoms with Crippen LogP contribution >= 0.6 is 0 Å². The Balaban J connectivity index is 2.51. The fourth-order valence-corrected chi connectivity index (χ4v) is 2.35. The maximum Gasteiger partial charge on any atom is 0.0991 e. The smallest absolute Gasteiger partial charge is 0.0991 e. The van der Waals surface area contributed by atoms with E-state index in [2.05, 4.69) is 30.3 Å². The molecule has 0 N–H and O–H groups in total. The summed E-state index contributed by atoms with van der Waals surface area (Å²) in [5, 5.41) is 0. The zero-order valence-corrected chi connectivity index (χ0v) is 9.25. The number of hydrogen-bond donors (Lipinski definition) is 0. The lowest BCUT2D eigenvalue weighted by molar-refractivity contribution is 0.699. The number of hydrogen-bond acceptors (Lipinski definition) is 1. The lowest BCUT2D eigenvalue weighted by Gasteiger charge is -2.25. The number of allylic oxidation sites excluding steroid dienone is 2. The molecule has 0 saturated carbocycles. The van der Waals surface area contributed by atoms with Gasteiger partial charge < -0.3 is 4.57 Å². The molecule has 0 fully saturated rings. The molecule has 1 aliphatic heterocycles. The Hall–Kier alpha value is -1.05. The summed E-state index contributed by atoms with van der Waals surface area (Å²) < 4.78 is 2.28. The first-order valence-corrected chi connectivity index (χ1v) is 5.47. The van der Waals surface area contributed by atoms with Crippen LogP contribution in [-0.4, -0.2) is 9.55 Å². The van der Waals surface area contributed by atoms with Crippen molar-refractivity contribution in [3.05, 3.63) is 23.8 Å². The van der Waals surface area contributed by atoms with E-state index in [9.17, 15) is 0 Å². The molecule has 1 aromatic heterocycles. The highest BCUT2D eigenvalue weighted by atomic mass is 15.1. The van der Waals surface area contributed by atoms with Gasteiger partial charge in [0.25, 0.3) is 0 Å². The number of imidazole rings is 1. The SMILES string of the molecule is CCC1=C(C(C)C)n2cncc2CC1. The summed E-state index contributed by atoms with van der Waals surface area (Å²) in [6, 6.07) is 0. The summed E-state index contributed by atoms with van der Waals surface area (Å²) in [7, 11) is 0. The van der Waals surface area contributed by atoms with Crippen molar-refractivity contribution in [2.24, 2.45) is 5.92 Å². The molecule has 0 radical (unpaired) electrons. The first-order valence-electron chi connectivity index (χ1n) is 5.47. The van der Waals surface area contributed by atoms with Crippen molar-refractivity contribution in [3.63, 3.8) is 0 Å². The van der Waals surface area contributed by atoms with Crippen LogP contribution in [0.25, 0.3) is 5.70 Å². The van der Waals surface area contributed by atoms with E-state index in [-0.39, 0.29) is 0 Å². The third-order valence-corrected chi connectivity index (χ3v) is 2.99. The molecule has 0 unspecified atom stereocenters. The molecule has 0 spiro atoms. The molecule has 0 aliphatic carbocycles. The third kappa shape index (κ3) is 1.39. The minimum atomic E-state index is 0.596. The lowest BCUT2D eigenvalue weighted by atomic mass is 9.94. The third-order valence-electron chi connectivity index (χ3n) is 2.99. The summed E-state index contributed by atoms with van der Waals surface area (Å²) in [4.78, 5) is 4.23. The molecular weight excluding hydrogens is 172 g/mol. The number of fused-ring (bicyclic) bond motifs is 1. The van der Waals surface area contributed by atoms with Crippen molar-refractivity contribution < 1.29 is 0 Å². The Kier molecular flexibility index (Phi) is 2.44. The molecule has 0 saturated heterocycles. The number of aryl methyl sites for hydroxylation is 1. The molecule has 2 rings (SSSR count). The Labute approximate surface area is 85.7 Å². The van der Waals surface area contributed by atoms with Crippen LogP contribution < -0.4 is 0 Å². The number of rotatable bonds is 2. The van der Waals surface area contributed by atoms with Crippen molar-refractivity contribution in [2.45, 2.75) is 40.0 Å². The van der Waals surface area contributed by atoms with Gasteiger partial charge in [0, 0.05) is 17.6 Å². The van der Waals surface area contributed by atoms with Gasteiger partial charge in [-0.2, -0.15) is 0 Å². The van der Waals surface area contributed by atoms with Gasteiger partial charge in [-0.25, -0.2) is 4.98 Å². The van der Waals surface area contributed by atoms with Crippen molar-refractivity contribution in [1.82, 2.24) is 9.55 Å². The van der Waals surface area contributed by atoms with E-state index in [0.29, 0.717) is 5.92 Å². The van der Waals surface area contributed by atoms with Gasteiger partial charge in [0.15, 0.2) is 0 Å². The zero-order chi connectivity index (χ0) is 10.1. The molecule has 76 valence electrons. The van der Waals surface area contributed by atoms with Crippen molar-refractivity contribution >= 4 is 5.70 Å². The van der Waals surface area contributed by atoms with Crippen molar-refractivity contribution in [1.29, 1.82) is 0 Å². The molecule has 0 aromatic carbocycles. The van der Waals surface area contributed by atoms with Crippen LogP contribution in [0.5, 0.6) is 0 Å². The molecule has 0 atom stereocenters. The summed E-state index contributed by atoms with van der Waals surface area (Å²) in [5.41, 5.74) is 4.45. The van der Waals surface area contributed by atoms with E-state index < -0.39 is 0 Å². The van der Waals surface area contributed by atoms with Crippen molar-refractivity contribution in [2.75, 3.05) is 0 Å². The van der Waals surface area contributed by atoms with Gasteiger partial charge in [-0.3, -0.25) is 0 Å².